The Labute approximate surface area is 235 Å². The van der Waals surface area contributed by atoms with Gasteiger partial charge in [-0.1, -0.05) is 52.0 Å². The summed E-state index contributed by atoms with van der Waals surface area (Å²) in [7, 11) is 4.06. The maximum Gasteiger partial charge on any atom is 0.339 e. The summed E-state index contributed by atoms with van der Waals surface area (Å²) in [4.78, 5) is 27.8. The third-order valence-electron chi connectivity index (χ3n) is 7.69. The van der Waals surface area contributed by atoms with Crippen molar-refractivity contribution in [3.8, 4) is 5.75 Å². The van der Waals surface area contributed by atoms with Crippen LogP contribution in [0.15, 0.2) is 65.6 Å². The minimum atomic E-state index is -1.20. The van der Waals surface area contributed by atoms with E-state index in [0.29, 0.717) is 11.1 Å². The third-order valence-corrected chi connectivity index (χ3v) is 8.80. The molecule has 0 aromatic heterocycles. The van der Waals surface area contributed by atoms with Crippen molar-refractivity contribution in [1.29, 1.82) is 0 Å². The highest BCUT2D eigenvalue weighted by Crippen LogP contribution is 2.50. The van der Waals surface area contributed by atoms with Crippen molar-refractivity contribution in [1.82, 2.24) is 0 Å². The van der Waals surface area contributed by atoms with Crippen LogP contribution in [0, 0.1) is 0 Å². The summed E-state index contributed by atoms with van der Waals surface area (Å²) in [6.07, 6.45) is 5.24. The van der Waals surface area contributed by atoms with E-state index in [1.165, 1.54) is 34.9 Å². The van der Waals surface area contributed by atoms with E-state index in [-0.39, 0.29) is 27.9 Å². The van der Waals surface area contributed by atoms with Gasteiger partial charge in [0.15, 0.2) is 5.78 Å². The monoisotopic (exact) mass is 543 g/mol. The second-order valence-corrected chi connectivity index (χ2v) is 12.8. The van der Waals surface area contributed by atoms with E-state index < -0.39 is 5.97 Å². The van der Waals surface area contributed by atoms with Crippen LogP contribution in [0.25, 0.3) is 6.08 Å². The number of hydrogen-bond acceptors (Lipinski definition) is 5. The van der Waals surface area contributed by atoms with Gasteiger partial charge >= 0.3 is 5.97 Å². The summed E-state index contributed by atoms with van der Waals surface area (Å²) in [5.74, 6) is -0.847. The first-order valence-corrected chi connectivity index (χ1v) is 14.1. The molecule has 0 radical (unpaired) electrons. The van der Waals surface area contributed by atoms with Gasteiger partial charge in [-0.15, -0.1) is 11.8 Å². The maximum atomic E-state index is 13.4. The Balaban J connectivity index is 1.69. The number of carboxylic acids is 1. The number of benzene rings is 3. The number of carbonyl (C=O) groups is 2. The number of fused-ring (bicyclic) bond motifs is 1. The van der Waals surface area contributed by atoms with Crippen LogP contribution in [0.4, 0.5) is 5.69 Å². The molecule has 3 aromatic carbocycles. The zero-order valence-electron chi connectivity index (χ0n) is 23.5. The van der Waals surface area contributed by atoms with Crippen molar-refractivity contribution in [2.24, 2.45) is 0 Å². The fraction of sp³-hybridized carbons (Fsp3) is 0.333. The van der Waals surface area contributed by atoms with Crippen LogP contribution in [0.2, 0.25) is 0 Å². The van der Waals surface area contributed by atoms with Crippen molar-refractivity contribution in [3.63, 3.8) is 0 Å². The normalized spacial score (nSPS) is 15.6. The van der Waals surface area contributed by atoms with Crippen LogP contribution >= 0.6 is 11.8 Å². The van der Waals surface area contributed by atoms with Gasteiger partial charge in [0.2, 0.25) is 0 Å². The summed E-state index contributed by atoms with van der Waals surface area (Å²) in [5.41, 5.74) is 5.93. The molecule has 6 heteroatoms. The van der Waals surface area contributed by atoms with Gasteiger partial charge in [-0.3, -0.25) is 4.79 Å². The number of thioether (sulfide) groups is 1. The smallest absolute Gasteiger partial charge is 0.339 e. The second-order valence-electron chi connectivity index (χ2n) is 11.8. The quantitative estimate of drug-likeness (QED) is 0.172. The summed E-state index contributed by atoms with van der Waals surface area (Å²) in [5, 5.41) is 19.1. The summed E-state index contributed by atoms with van der Waals surface area (Å²) >= 11 is 1.78. The van der Waals surface area contributed by atoms with Gasteiger partial charge in [0, 0.05) is 36.0 Å². The van der Waals surface area contributed by atoms with Crippen LogP contribution in [0.3, 0.4) is 0 Å². The molecule has 0 saturated heterocycles. The predicted molar refractivity (Wildman–Crippen MR) is 160 cm³/mol. The van der Waals surface area contributed by atoms with Crippen molar-refractivity contribution in [2.75, 3.05) is 19.0 Å². The topological polar surface area (TPSA) is 77.8 Å². The van der Waals surface area contributed by atoms with Crippen LogP contribution < -0.4 is 4.90 Å². The van der Waals surface area contributed by atoms with Crippen molar-refractivity contribution >= 4 is 35.3 Å². The Morgan fingerprint density at radius 3 is 2.23 bits per heavy atom. The molecule has 0 heterocycles. The van der Waals surface area contributed by atoms with Crippen molar-refractivity contribution < 1.29 is 19.8 Å². The molecular weight excluding hydrogens is 506 g/mol. The number of carbonyl (C=O) groups excluding carboxylic acids is 1. The molecule has 0 fully saturated rings. The fourth-order valence-electron chi connectivity index (χ4n) is 5.14. The predicted octanol–water partition coefficient (Wildman–Crippen LogP) is 7.69. The minimum Gasteiger partial charge on any atom is -0.507 e. The van der Waals surface area contributed by atoms with Gasteiger partial charge in [0.05, 0.1) is 0 Å². The van der Waals surface area contributed by atoms with Gasteiger partial charge < -0.3 is 15.1 Å². The molecular formula is C33H37NO4S. The lowest BCUT2D eigenvalue weighted by Gasteiger charge is -2.43. The van der Waals surface area contributed by atoms with E-state index in [4.69, 9.17) is 5.11 Å². The van der Waals surface area contributed by atoms with E-state index in [1.54, 1.807) is 23.9 Å². The number of rotatable bonds is 8. The second kappa shape index (κ2) is 10.9. The Hall–Kier alpha value is -3.51. The first-order chi connectivity index (χ1) is 18.3. The van der Waals surface area contributed by atoms with E-state index in [1.807, 2.05) is 20.2 Å². The molecule has 0 saturated carbocycles. The van der Waals surface area contributed by atoms with Crippen LogP contribution in [0.1, 0.15) is 83.5 Å². The average molecular weight is 544 g/mol. The molecule has 39 heavy (non-hydrogen) atoms. The first kappa shape index (κ1) is 28.5. The molecule has 1 aliphatic rings. The van der Waals surface area contributed by atoms with Gasteiger partial charge in [-0.25, -0.2) is 4.79 Å². The number of carboxylic acid groups (broad SMARTS) is 1. The summed E-state index contributed by atoms with van der Waals surface area (Å²) in [6.45, 7) is 9.11. The Morgan fingerprint density at radius 2 is 1.62 bits per heavy atom. The van der Waals surface area contributed by atoms with Crippen molar-refractivity contribution in [2.45, 2.75) is 62.0 Å². The molecule has 3 aromatic rings. The SMILES string of the molecule is CN(C)c1ccc(CSc2cc(C(=O)C=Cc3ccc(C(=O)O)c(O)c3)cc3c2C(C)(C)CCC3(C)C)cc1. The zero-order chi connectivity index (χ0) is 28.5. The third kappa shape index (κ3) is 6.22. The Kier molecular flexibility index (Phi) is 7.99. The Morgan fingerprint density at radius 1 is 0.949 bits per heavy atom. The highest BCUT2D eigenvalue weighted by Gasteiger charge is 2.39. The largest absolute Gasteiger partial charge is 0.507 e. The number of nitrogens with zero attached hydrogens (tertiary/aromatic N) is 1. The maximum absolute atomic E-state index is 13.4. The fourth-order valence-corrected chi connectivity index (χ4v) is 6.40. The molecule has 0 bridgehead atoms. The lowest BCUT2D eigenvalue weighted by molar-refractivity contribution is 0.0693. The van der Waals surface area contributed by atoms with Crippen LogP contribution in [-0.2, 0) is 16.6 Å². The van der Waals surface area contributed by atoms with Crippen LogP contribution in [0.5, 0.6) is 5.75 Å². The molecule has 0 aliphatic heterocycles. The minimum absolute atomic E-state index is 0.00278. The number of phenols is 1. The lowest BCUT2D eigenvalue weighted by Crippen LogP contribution is -2.34. The van der Waals surface area contributed by atoms with E-state index in [0.717, 1.165) is 29.2 Å². The molecule has 0 spiro atoms. The number of aromatic carboxylic acids is 1. The zero-order valence-corrected chi connectivity index (χ0v) is 24.4. The van der Waals surface area contributed by atoms with Gasteiger partial charge in [0.1, 0.15) is 11.3 Å². The standard InChI is InChI=1S/C33H37NO4S/c1-32(2)15-16-33(3,4)30-26(32)18-23(19-29(30)39-20-22-7-11-24(12-8-22)34(5)6)27(35)14-10-21-9-13-25(31(37)38)28(36)17-21/h7-14,17-19,36H,15-16,20H2,1-6H3,(H,37,38). The molecule has 5 nitrogen and oxygen atoms in total. The van der Waals surface area contributed by atoms with Gasteiger partial charge in [0.25, 0.3) is 0 Å². The summed E-state index contributed by atoms with van der Waals surface area (Å²) < 4.78 is 0. The number of allylic oxidation sites excluding steroid dienone is 1. The lowest BCUT2D eigenvalue weighted by atomic mass is 9.63. The van der Waals surface area contributed by atoms with E-state index in [2.05, 4.69) is 62.9 Å². The molecule has 2 N–H and O–H groups in total. The number of aromatic hydroxyl groups is 1. The highest BCUT2D eigenvalue weighted by atomic mass is 32.2. The first-order valence-electron chi connectivity index (χ1n) is 13.2. The molecule has 1 aliphatic carbocycles. The molecule has 0 amide bonds. The number of anilines is 1. The molecule has 4 rings (SSSR count). The van der Waals surface area contributed by atoms with Crippen LogP contribution in [-0.4, -0.2) is 36.1 Å². The number of hydrogen-bond donors (Lipinski definition) is 2. The van der Waals surface area contributed by atoms with E-state index in [9.17, 15) is 14.7 Å². The average Bonchev–Trinajstić information content (AvgIpc) is 2.88. The van der Waals surface area contributed by atoms with Gasteiger partial charge in [-0.2, -0.15) is 0 Å². The highest BCUT2D eigenvalue weighted by molar-refractivity contribution is 7.98. The molecule has 0 unspecified atom stereocenters. The van der Waals surface area contributed by atoms with E-state index >= 15 is 0 Å². The number of ketones is 1. The van der Waals surface area contributed by atoms with Crippen molar-refractivity contribution in [3.05, 3.63) is 94.1 Å². The Bertz CT molecular complexity index is 1430. The summed E-state index contributed by atoms with van der Waals surface area (Å²) in [6, 6.07) is 16.9. The molecule has 0 atom stereocenters. The van der Waals surface area contributed by atoms with Gasteiger partial charge in [-0.05, 0) is 88.4 Å². The molecule has 204 valence electrons.